The van der Waals surface area contributed by atoms with Crippen molar-refractivity contribution in [3.05, 3.63) is 0 Å². The molecule has 0 bridgehead atoms. The molecule has 7 nitrogen and oxygen atoms in total. The summed E-state index contributed by atoms with van der Waals surface area (Å²) < 4.78 is 9.88. The Morgan fingerprint density at radius 2 is 2.00 bits per heavy atom. The van der Waals surface area contributed by atoms with Gasteiger partial charge in [0.2, 0.25) is 0 Å². The second-order valence-electron chi connectivity index (χ2n) is 3.67. The van der Waals surface area contributed by atoms with Crippen LogP contribution in [0.25, 0.3) is 0 Å². The lowest BCUT2D eigenvalue weighted by molar-refractivity contribution is -0.140. The second kappa shape index (κ2) is 8.77. The summed E-state index contributed by atoms with van der Waals surface area (Å²) in [5.74, 6) is -1.14. The number of hydrogen-bond acceptors (Lipinski definition) is 4. The highest BCUT2D eigenvalue weighted by Gasteiger charge is 2.19. The molecule has 100 valence electrons. The van der Waals surface area contributed by atoms with E-state index in [2.05, 4.69) is 15.4 Å². The predicted octanol–water partition coefficient (Wildman–Crippen LogP) is -0.190. The molecule has 0 radical (unpaired) electrons. The van der Waals surface area contributed by atoms with Crippen molar-refractivity contribution in [2.45, 2.75) is 26.0 Å². The number of hydrogen-bond donors (Lipinski definition) is 3. The minimum atomic E-state index is -1.14. The Balaban J connectivity index is 3.78. The predicted molar refractivity (Wildman–Crippen MR) is 60.9 cm³/mol. The number of aliphatic carboxylic acids is 1. The van der Waals surface area contributed by atoms with Crippen LogP contribution in [0.5, 0.6) is 0 Å². The highest BCUT2D eigenvalue weighted by molar-refractivity contribution is 5.82. The zero-order valence-electron chi connectivity index (χ0n) is 10.4. The Hall–Kier alpha value is -1.34. The number of amides is 2. The van der Waals surface area contributed by atoms with Gasteiger partial charge >= 0.3 is 12.0 Å². The van der Waals surface area contributed by atoms with E-state index in [9.17, 15) is 9.59 Å². The Labute approximate surface area is 100 Å². The standard InChI is InChI=1S/C10H20N2O5/c1-7(2)17-5-4-11-10(15)12-8(6-16-3)9(13)14/h7-8H,4-6H2,1-3H3,(H,13,14)(H2,11,12,15). The van der Waals surface area contributed by atoms with Crippen molar-refractivity contribution >= 4 is 12.0 Å². The van der Waals surface area contributed by atoms with Crippen molar-refractivity contribution in [3.63, 3.8) is 0 Å². The highest BCUT2D eigenvalue weighted by Crippen LogP contribution is 1.87. The number of nitrogens with one attached hydrogen (secondary N) is 2. The summed E-state index contributed by atoms with van der Waals surface area (Å²) in [4.78, 5) is 22.0. The number of rotatable bonds is 8. The van der Waals surface area contributed by atoms with E-state index in [1.165, 1.54) is 7.11 Å². The highest BCUT2D eigenvalue weighted by atomic mass is 16.5. The molecular weight excluding hydrogens is 228 g/mol. The lowest BCUT2D eigenvalue weighted by Gasteiger charge is -2.14. The van der Waals surface area contributed by atoms with Gasteiger partial charge < -0.3 is 25.2 Å². The molecule has 1 atom stereocenters. The summed E-state index contributed by atoms with van der Waals surface area (Å²) in [5, 5.41) is 13.5. The first kappa shape index (κ1) is 15.7. The fraction of sp³-hybridized carbons (Fsp3) is 0.800. The van der Waals surface area contributed by atoms with Gasteiger partial charge in [0.15, 0.2) is 6.04 Å². The molecule has 0 saturated heterocycles. The van der Waals surface area contributed by atoms with E-state index < -0.39 is 18.0 Å². The van der Waals surface area contributed by atoms with Gasteiger partial charge in [0.25, 0.3) is 0 Å². The van der Waals surface area contributed by atoms with E-state index in [1.54, 1.807) is 0 Å². The first-order valence-corrected chi connectivity index (χ1v) is 5.35. The average molecular weight is 248 g/mol. The minimum absolute atomic E-state index is 0.0781. The molecule has 2 amide bonds. The molecule has 0 heterocycles. The zero-order valence-corrected chi connectivity index (χ0v) is 10.4. The SMILES string of the molecule is COCC(NC(=O)NCCOC(C)C)C(=O)O. The van der Waals surface area contributed by atoms with Gasteiger partial charge in [-0.05, 0) is 13.8 Å². The van der Waals surface area contributed by atoms with Crippen LogP contribution in [0.4, 0.5) is 4.79 Å². The molecule has 3 N–H and O–H groups in total. The third kappa shape index (κ3) is 8.47. The number of methoxy groups -OCH3 is 1. The second-order valence-corrected chi connectivity index (χ2v) is 3.67. The number of carbonyl (C=O) groups is 2. The maximum absolute atomic E-state index is 11.3. The topological polar surface area (TPSA) is 96.9 Å². The van der Waals surface area contributed by atoms with Gasteiger partial charge in [0.05, 0.1) is 19.3 Å². The Kier molecular flexibility index (Phi) is 8.08. The number of carboxylic acids is 1. The van der Waals surface area contributed by atoms with Crippen LogP contribution >= 0.6 is 0 Å². The molecule has 0 saturated carbocycles. The third-order valence-corrected chi connectivity index (χ3v) is 1.78. The molecule has 17 heavy (non-hydrogen) atoms. The number of carboxylic acid groups (broad SMARTS) is 1. The van der Waals surface area contributed by atoms with Gasteiger partial charge in [-0.15, -0.1) is 0 Å². The van der Waals surface area contributed by atoms with Crippen LogP contribution in [-0.2, 0) is 14.3 Å². The Bertz CT molecular complexity index is 245. The first-order chi connectivity index (χ1) is 7.97. The van der Waals surface area contributed by atoms with Crippen LogP contribution in [0.15, 0.2) is 0 Å². The van der Waals surface area contributed by atoms with Gasteiger partial charge in [0.1, 0.15) is 0 Å². The van der Waals surface area contributed by atoms with Gasteiger partial charge in [-0.1, -0.05) is 0 Å². The van der Waals surface area contributed by atoms with Crippen LogP contribution in [0.1, 0.15) is 13.8 Å². The minimum Gasteiger partial charge on any atom is -0.480 e. The Morgan fingerprint density at radius 3 is 2.47 bits per heavy atom. The monoisotopic (exact) mass is 248 g/mol. The van der Waals surface area contributed by atoms with Crippen LogP contribution < -0.4 is 10.6 Å². The van der Waals surface area contributed by atoms with Crippen molar-refractivity contribution < 1.29 is 24.2 Å². The number of urea groups is 1. The number of ether oxygens (including phenoxy) is 2. The van der Waals surface area contributed by atoms with E-state index in [4.69, 9.17) is 9.84 Å². The van der Waals surface area contributed by atoms with Crippen molar-refractivity contribution in [1.29, 1.82) is 0 Å². The number of carbonyl (C=O) groups excluding carboxylic acids is 1. The van der Waals surface area contributed by atoms with Crippen LogP contribution in [0, 0.1) is 0 Å². The maximum Gasteiger partial charge on any atom is 0.328 e. The van der Waals surface area contributed by atoms with Crippen molar-refractivity contribution in [3.8, 4) is 0 Å². The quantitative estimate of drug-likeness (QED) is 0.517. The fourth-order valence-electron chi connectivity index (χ4n) is 1.01. The van der Waals surface area contributed by atoms with E-state index in [-0.39, 0.29) is 12.7 Å². The zero-order chi connectivity index (χ0) is 13.3. The third-order valence-electron chi connectivity index (χ3n) is 1.78. The molecule has 0 spiro atoms. The van der Waals surface area contributed by atoms with Gasteiger partial charge in [-0.3, -0.25) is 0 Å². The lowest BCUT2D eigenvalue weighted by atomic mass is 10.3. The van der Waals surface area contributed by atoms with Crippen LogP contribution in [0.2, 0.25) is 0 Å². The molecule has 0 aliphatic carbocycles. The molecule has 0 rings (SSSR count). The summed E-state index contributed by atoms with van der Waals surface area (Å²) >= 11 is 0. The van der Waals surface area contributed by atoms with E-state index in [1.807, 2.05) is 13.8 Å². The van der Waals surface area contributed by atoms with Crippen LogP contribution in [-0.4, -0.2) is 56.1 Å². The molecule has 0 fully saturated rings. The summed E-state index contributed by atoms with van der Waals surface area (Å²) in [6, 6.07) is -1.60. The smallest absolute Gasteiger partial charge is 0.328 e. The average Bonchev–Trinajstić information content (AvgIpc) is 2.23. The molecule has 7 heteroatoms. The van der Waals surface area contributed by atoms with Crippen LogP contribution in [0.3, 0.4) is 0 Å². The molecule has 1 unspecified atom stereocenters. The summed E-state index contributed by atoms with van der Waals surface area (Å²) in [6.07, 6.45) is 0.0973. The van der Waals surface area contributed by atoms with Gasteiger partial charge in [-0.25, -0.2) is 9.59 Å². The fourth-order valence-corrected chi connectivity index (χ4v) is 1.01. The summed E-state index contributed by atoms with van der Waals surface area (Å²) in [7, 11) is 1.37. The van der Waals surface area contributed by atoms with E-state index in [0.29, 0.717) is 13.2 Å². The lowest BCUT2D eigenvalue weighted by Crippen LogP contribution is -2.48. The largest absolute Gasteiger partial charge is 0.480 e. The normalized spacial score (nSPS) is 12.2. The van der Waals surface area contributed by atoms with Crippen molar-refractivity contribution in [2.75, 3.05) is 26.9 Å². The van der Waals surface area contributed by atoms with E-state index >= 15 is 0 Å². The molecular formula is C10H20N2O5. The summed E-state index contributed by atoms with van der Waals surface area (Å²) in [6.45, 7) is 4.40. The molecule has 0 aliphatic rings. The van der Waals surface area contributed by atoms with Gasteiger partial charge in [-0.2, -0.15) is 0 Å². The van der Waals surface area contributed by atoms with Crippen molar-refractivity contribution in [1.82, 2.24) is 10.6 Å². The van der Waals surface area contributed by atoms with Gasteiger partial charge in [0, 0.05) is 13.7 Å². The molecule has 0 aliphatic heterocycles. The maximum atomic E-state index is 11.3. The van der Waals surface area contributed by atoms with E-state index in [0.717, 1.165) is 0 Å². The molecule has 0 aromatic heterocycles. The molecule has 0 aromatic rings. The van der Waals surface area contributed by atoms with Crippen molar-refractivity contribution in [2.24, 2.45) is 0 Å². The first-order valence-electron chi connectivity index (χ1n) is 5.35. The Morgan fingerprint density at radius 1 is 1.35 bits per heavy atom. The summed E-state index contributed by atoms with van der Waals surface area (Å²) in [5.41, 5.74) is 0. The molecule has 0 aromatic carbocycles.